The van der Waals surface area contributed by atoms with Crippen molar-refractivity contribution >= 4 is 21.6 Å². The second-order valence-corrected chi connectivity index (χ2v) is 9.27. The molecule has 0 bridgehead atoms. The number of aryl methyl sites for hydroxylation is 1. The molecular formula is C21H28N3O3S+. The summed E-state index contributed by atoms with van der Waals surface area (Å²) in [4.78, 5) is 14.1. The van der Waals surface area contributed by atoms with Gasteiger partial charge in [0.15, 0.2) is 0 Å². The van der Waals surface area contributed by atoms with Crippen molar-refractivity contribution in [3.05, 3.63) is 59.7 Å². The third-order valence-corrected chi connectivity index (χ3v) is 7.01. The Labute approximate surface area is 167 Å². The second kappa shape index (κ2) is 8.75. The lowest BCUT2D eigenvalue weighted by molar-refractivity contribution is -0.886. The molecule has 1 aliphatic rings. The number of sulfonamides is 1. The Kier molecular flexibility index (Phi) is 6.36. The molecule has 1 aliphatic heterocycles. The van der Waals surface area contributed by atoms with Crippen LogP contribution in [0.5, 0.6) is 0 Å². The number of likely N-dealkylation sites (tertiary alicyclic amines) is 1. The Morgan fingerprint density at radius 3 is 2.46 bits per heavy atom. The number of carbonyl (C=O) groups is 1. The maximum atomic E-state index is 13.0. The summed E-state index contributed by atoms with van der Waals surface area (Å²) in [6, 6.07) is 13.5. The second-order valence-electron chi connectivity index (χ2n) is 7.30. The van der Waals surface area contributed by atoms with Gasteiger partial charge in [-0.2, -0.15) is 0 Å². The Hall–Kier alpha value is -2.38. The Balaban J connectivity index is 1.70. The van der Waals surface area contributed by atoms with Gasteiger partial charge in [0.05, 0.1) is 36.8 Å². The number of amides is 1. The van der Waals surface area contributed by atoms with Crippen LogP contribution >= 0.6 is 0 Å². The van der Waals surface area contributed by atoms with Crippen LogP contribution in [0.4, 0.5) is 5.69 Å². The zero-order chi connectivity index (χ0) is 20.1. The van der Waals surface area contributed by atoms with Crippen LogP contribution in [0.1, 0.15) is 28.8 Å². The maximum Gasteiger partial charge on any atom is 0.264 e. The number of nitrogens with one attached hydrogen (secondary N) is 2. The minimum absolute atomic E-state index is 0.105. The van der Waals surface area contributed by atoms with Crippen molar-refractivity contribution in [2.45, 2.75) is 24.7 Å². The molecule has 2 aromatic rings. The van der Waals surface area contributed by atoms with Gasteiger partial charge in [0.1, 0.15) is 0 Å². The number of quaternary nitrogens is 1. The van der Waals surface area contributed by atoms with E-state index in [9.17, 15) is 13.2 Å². The van der Waals surface area contributed by atoms with E-state index in [1.165, 1.54) is 41.2 Å². The zero-order valence-corrected chi connectivity index (χ0v) is 17.3. The van der Waals surface area contributed by atoms with Crippen molar-refractivity contribution in [2.75, 3.05) is 37.5 Å². The molecule has 2 aromatic carbocycles. The average Bonchev–Trinajstić information content (AvgIpc) is 3.21. The first kappa shape index (κ1) is 20.4. The van der Waals surface area contributed by atoms with Crippen LogP contribution < -0.4 is 14.5 Å². The fourth-order valence-corrected chi connectivity index (χ4v) is 4.67. The van der Waals surface area contributed by atoms with Crippen molar-refractivity contribution in [3.63, 3.8) is 0 Å². The van der Waals surface area contributed by atoms with Gasteiger partial charge in [-0.1, -0.05) is 23.8 Å². The highest BCUT2D eigenvalue weighted by atomic mass is 32.2. The van der Waals surface area contributed by atoms with E-state index >= 15 is 0 Å². The van der Waals surface area contributed by atoms with Gasteiger partial charge in [-0.05, 0) is 37.3 Å². The Morgan fingerprint density at radius 2 is 1.79 bits per heavy atom. The maximum absolute atomic E-state index is 13.0. The molecule has 0 aromatic heterocycles. The molecule has 2 N–H and O–H groups in total. The van der Waals surface area contributed by atoms with Crippen molar-refractivity contribution in [2.24, 2.45) is 0 Å². The summed E-state index contributed by atoms with van der Waals surface area (Å²) in [5.74, 6) is -0.242. The quantitative estimate of drug-likeness (QED) is 0.732. The van der Waals surface area contributed by atoms with Crippen molar-refractivity contribution < 1.29 is 18.1 Å². The first-order chi connectivity index (χ1) is 13.4. The molecule has 3 rings (SSSR count). The standard InChI is InChI=1S/C21H27N3O3S/c1-17-8-10-19(11-9-17)23(2)28(26,27)20-7-5-6-18(16-20)21(25)22-12-15-24-13-3-4-14-24/h5-11,16H,3-4,12-15H2,1-2H3,(H,22,25)/p+1. The summed E-state index contributed by atoms with van der Waals surface area (Å²) in [6.45, 7) is 5.77. The molecule has 1 amide bonds. The Bertz CT molecular complexity index is 920. The molecule has 28 heavy (non-hydrogen) atoms. The van der Waals surface area contributed by atoms with E-state index in [4.69, 9.17) is 0 Å². The highest BCUT2D eigenvalue weighted by Gasteiger charge is 2.22. The number of hydrogen-bond acceptors (Lipinski definition) is 3. The van der Waals surface area contributed by atoms with Crippen LogP contribution in [0.15, 0.2) is 53.4 Å². The van der Waals surface area contributed by atoms with E-state index in [1.54, 1.807) is 24.3 Å². The van der Waals surface area contributed by atoms with Crippen LogP contribution in [0.25, 0.3) is 0 Å². The fourth-order valence-electron chi connectivity index (χ4n) is 3.43. The van der Waals surface area contributed by atoms with Gasteiger partial charge in [0.25, 0.3) is 15.9 Å². The smallest absolute Gasteiger partial charge is 0.264 e. The highest BCUT2D eigenvalue weighted by molar-refractivity contribution is 7.92. The molecule has 7 heteroatoms. The van der Waals surface area contributed by atoms with Crippen molar-refractivity contribution in [3.8, 4) is 0 Å². The lowest BCUT2D eigenvalue weighted by atomic mass is 10.2. The molecule has 6 nitrogen and oxygen atoms in total. The molecule has 0 saturated carbocycles. The van der Waals surface area contributed by atoms with Crippen LogP contribution in [0.3, 0.4) is 0 Å². The number of hydrogen-bond donors (Lipinski definition) is 2. The normalized spacial score (nSPS) is 14.8. The number of anilines is 1. The SMILES string of the molecule is Cc1ccc(N(C)S(=O)(=O)c2cccc(C(=O)NCC[NH+]3CCCC3)c2)cc1. The van der Waals surface area contributed by atoms with Gasteiger partial charge in [0, 0.05) is 25.5 Å². The third-order valence-electron chi connectivity index (χ3n) is 5.23. The van der Waals surface area contributed by atoms with Gasteiger partial charge < -0.3 is 10.2 Å². The largest absolute Gasteiger partial charge is 0.346 e. The molecule has 0 atom stereocenters. The summed E-state index contributed by atoms with van der Waals surface area (Å²) in [5.41, 5.74) is 1.99. The molecule has 0 spiro atoms. The predicted octanol–water partition coefficient (Wildman–Crippen LogP) is 1.23. The molecule has 0 aliphatic carbocycles. The number of benzene rings is 2. The summed E-state index contributed by atoms with van der Waals surface area (Å²) in [6.07, 6.45) is 2.50. The van der Waals surface area contributed by atoms with Crippen LogP contribution in [0, 0.1) is 6.92 Å². The molecule has 0 unspecified atom stereocenters. The van der Waals surface area contributed by atoms with Gasteiger partial charge in [-0.25, -0.2) is 8.42 Å². The monoisotopic (exact) mass is 402 g/mol. The molecule has 150 valence electrons. The Morgan fingerprint density at radius 1 is 1.11 bits per heavy atom. The van der Waals surface area contributed by atoms with Gasteiger partial charge in [0.2, 0.25) is 0 Å². The van der Waals surface area contributed by atoms with Crippen LogP contribution in [0.2, 0.25) is 0 Å². The van der Waals surface area contributed by atoms with Crippen LogP contribution in [-0.2, 0) is 10.0 Å². The topological polar surface area (TPSA) is 70.9 Å². The van der Waals surface area contributed by atoms with E-state index in [0.29, 0.717) is 17.8 Å². The first-order valence-corrected chi connectivity index (χ1v) is 11.1. The van der Waals surface area contributed by atoms with Crippen molar-refractivity contribution in [1.82, 2.24) is 5.32 Å². The molecule has 1 saturated heterocycles. The first-order valence-electron chi connectivity index (χ1n) is 9.65. The summed E-state index contributed by atoms with van der Waals surface area (Å²) < 4.78 is 27.2. The third kappa shape index (κ3) is 4.72. The van der Waals surface area contributed by atoms with E-state index in [0.717, 1.165) is 25.2 Å². The molecule has 1 heterocycles. The van der Waals surface area contributed by atoms with E-state index in [1.807, 2.05) is 19.1 Å². The van der Waals surface area contributed by atoms with E-state index in [-0.39, 0.29) is 10.8 Å². The molecular weight excluding hydrogens is 374 g/mol. The predicted molar refractivity (Wildman–Crippen MR) is 110 cm³/mol. The van der Waals surface area contributed by atoms with E-state index in [2.05, 4.69) is 5.32 Å². The summed E-state index contributed by atoms with van der Waals surface area (Å²) in [5, 5.41) is 2.90. The number of carbonyl (C=O) groups excluding carboxylic acids is 1. The lowest BCUT2D eigenvalue weighted by Gasteiger charge is -2.20. The number of rotatable bonds is 7. The molecule has 0 radical (unpaired) electrons. The van der Waals surface area contributed by atoms with Crippen molar-refractivity contribution in [1.29, 1.82) is 0 Å². The lowest BCUT2D eigenvalue weighted by Crippen LogP contribution is -3.10. The summed E-state index contributed by atoms with van der Waals surface area (Å²) in [7, 11) is -2.23. The zero-order valence-electron chi connectivity index (χ0n) is 16.4. The number of nitrogens with zero attached hydrogens (tertiary/aromatic N) is 1. The fraction of sp³-hybridized carbons (Fsp3) is 0.381. The minimum atomic E-state index is -3.75. The average molecular weight is 403 g/mol. The van der Waals surface area contributed by atoms with Gasteiger partial charge in [-0.3, -0.25) is 9.10 Å². The van der Waals surface area contributed by atoms with Gasteiger partial charge >= 0.3 is 0 Å². The highest BCUT2D eigenvalue weighted by Crippen LogP contribution is 2.23. The summed E-state index contributed by atoms with van der Waals surface area (Å²) >= 11 is 0. The minimum Gasteiger partial charge on any atom is -0.346 e. The molecule has 1 fully saturated rings. The van der Waals surface area contributed by atoms with E-state index < -0.39 is 10.0 Å². The van der Waals surface area contributed by atoms with Crippen LogP contribution in [-0.4, -0.2) is 47.6 Å². The van der Waals surface area contributed by atoms with Gasteiger partial charge in [-0.15, -0.1) is 0 Å².